The topological polar surface area (TPSA) is 44.5 Å². The van der Waals surface area contributed by atoms with Gasteiger partial charge in [0.15, 0.2) is 0 Å². The van der Waals surface area contributed by atoms with Crippen LogP contribution in [-0.2, 0) is 11.3 Å². The summed E-state index contributed by atoms with van der Waals surface area (Å²) in [7, 11) is 0. The van der Waals surface area contributed by atoms with Gasteiger partial charge in [-0.3, -0.25) is 0 Å². The smallest absolute Gasteiger partial charge is 0.493 e. The summed E-state index contributed by atoms with van der Waals surface area (Å²) in [6.07, 6.45) is -1.57. The number of hydrogen-bond acceptors (Lipinski definition) is 3. The second-order valence-corrected chi connectivity index (χ2v) is 5.90. The van der Waals surface area contributed by atoms with Gasteiger partial charge in [-0.15, -0.1) is 13.2 Å². The van der Waals surface area contributed by atoms with Gasteiger partial charge < -0.3 is 15.2 Å². The average molecular weight is 361 g/mol. The van der Waals surface area contributed by atoms with Crippen LogP contribution in [0.4, 0.5) is 13.2 Å². The molecule has 0 unspecified atom stereocenters. The third-order valence-electron chi connectivity index (χ3n) is 3.93. The number of hydrogen-bond donors (Lipinski definition) is 1. The maximum atomic E-state index is 12.3. The van der Waals surface area contributed by atoms with Crippen molar-refractivity contribution in [3.63, 3.8) is 0 Å². The fraction of sp³-hybridized carbons (Fsp3) is 0.200. The van der Waals surface area contributed by atoms with E-state index < -0.39 is 6.36 Å². The third kappa shape index (κ3) is 4.81. The maximum absolute atomic E-state index is 12.3. The lowest BCUT2D eigenvalue weighted by Crippen LogP contribution is -2.17. The minimum atomic E-state index is -4.71. The van der Waals surface area contributed by atoms with Gasteiger partial charge in [0.1, 0.15) is 18.1 Å². The van der Waals surface area contributed by atoms with E-state index in [1.54, 1.807) is 12.1 Å². The summed E-state index contributed by atoms with van der Waals surface area (Å²) in [5.74, 6) is 0.508. The summed E-state index contributed by atoms with van der Waals surface area (Å²) < 4.78 is 46.8. The lowest BCUT2D eigenvalue weighted by atomic mass is 9.96. The van der Waals surface area contributed by atoms with E-state index in [1.807, 2.05) is 36.4 Å². The Labute approximate surface area is 149 Å². The van der Waals surface area contributed by atoms with Crippen LogP contribution < -0.4 is 10.5 Å². The Kier molecular flexibility index (Phi) is 5.21. The van der Waals surface area contributed by atoms with Crippen molar-refractivity contribution >= 4 is 5.57 Å². The predicted molar refractivity (Wildman–Crippen MR) is 92.8 cm³/mol. The number of nitrogens with two attached hydrogens (primary N) is 1. The van der Waals surface area contributed by atoms with E-state index >= 15 is 0 Å². The highest BCUT2D eigenvalue weighted by molar-refractivity contribution is 5.77. The number of alkyl halides is 3. The van der Waals surface area contributed by atoms with Crippen molar-refractivity contribution in [3.8, 4) is 5.75 Å². The largest absolute Gasteiger partial charge is 0.573 e. The fourth-order valence-corrected chi connectivity index (χ4v) is 2.71. The molecule has 0 aliphatic heterocycles. The number of halogens is 3. The Balaban J connectivity index is 1.82. The van der Waals surface area contributed by atoms with E-state index in [1.165, 1.54) is 12.1 Å². The van der Waals surface area contributed by atoms with Gasteiger partial charge in [-0.2, -0.15) is 0 Å². The molecule has 0 radical (unpaired) electrons. The van der Waals surface area contributed by atoms with Crippen LogP contribution in [0.3, 0.4) is 0 Å². The predicted octanol–water partition coefficient (Wildman–Crippen LogP) is 5.15. The van der Waals surface area contributed by atoms with Gasteiger partial charge in [-0.25, -0.2) is 0 Å². The first-order valence-electron chi connectivity index (χ1n) is 8.13. The molecule has 0 saturated carbocycles. The highest BCUT2D eigenvalue weighted by atomic mass is 19.4. The molecular weight excluding hydrogens is 343 g/mol. The van der Waals surface area contributed by atoms with Crippen LogP contribution in [0.15, 0.2) is 72.1 Å². The monoisotopic (exact) mass is 361 g/mol. The molecule has 3 rings (SSSR count). The molecular formula is C20H18F3NO2. The Hall–Kier alpha value is -2.89. The zero-order chi connectivity index (χ0) is 18.6. The molecule has 3 nitrogen and oxygen atoms in total. The highest BCUT2D eigenvalue weighted by Gasteiger charge is 2.31. The quantitative estimate of drug-likeness (QED) is 0.801. The molecule has 0 saturated heterocycles. The molecule has 0 atom stereocenters. The van der Waals surface area contributed by atoms with Gasteiger partial charge in [0.25, 0.3) is 0 Å². The van der Waals surface area contributed by atoms with E-state index in [0.717, 1.165) is 22.5 Å². The number of rotatable bonds is 5. The molecule has 26 heavy (non-hydrogen) atoms. The molecule has 2 aromatic rings. The average Bonchev–Trinajstić information content (AvgIpc) is 2.61. The molecule has 2 aromatic carbocycles. The lowest BCUT2D eigenvalue weighted by Gasteiger charge is -2.20. The Morgan fingerprint density at radius 3 is 2.27 bits per heavy atom. The minimum Gasteiger partial charge on any atom is -0.493 e. The van der Waals surface area contributed by atoms with E-state index in [4.69, 9.17) is 10.5 Å². The second kappa shape index (κ2) is 7.56. The van der Waals surface area contributed by atoms with Crippen LogP contribution in [0.5, 0.6) is 5.75 Å². The fourth-order valence-electron chi connectivity index (χ4n) is 2.71. The van der Waals surface area contributed by atoms with Crippen LogP contribution in [0, 0.1) is 0 Å². The first-order valence-corrected chi connectivity index (χ1v) is 8.13. The van der Waals surface area contributed by atoms with Crippen molar-refractivity contribution in [1.82, 2.24) is 0 Å². The van der Waals surface area contributed by atoms with Gasteiger partial charge in [0.2, 0.25) is 0 Å². The van der Waals surface area contributed by atoms with Gasteiger partial charge in [-0.1, -0.05) is 42.5 Å². The summed E-state index contributed by atoms with van der Waals surface area (Å²) in [6.45, 7) is 0.419. The molecule has 1 aliphatic carbocycles. The molecule has 0 aromatic heterocycles. The molecule has 0 heterocycles. The van der Waals surface area contributed by atoms with Crippen molar-refractivity contribution in [1.29, 1.82) is 0 Å². The Morgan fingerprint density at radius 1 is 0.923 bits per heavy atom. The Bertz CT molecular complexity index is 809. The maximum Gasteiger partial charge on any atom is 0.573 e. The highest BCUT2D eigenvalue weighted by Crippen LogP contribution is 2.32. The SMILES string of the molecule is NC1=CC(c2ccc(OC(F)(F)F)cc2)=C(OCc2ccccc2)CC1. The molecule has 0 amide bonds. The number of benzene rings is 2. The summed E-state index contributed by atoms with van der Waals surface area (Å²) >= 11 is 0. The van der Waals surface area contributed by atoms with Gasteiger partial charge in [0.05, 0.1) is 0 Å². The van der Waals surface area contributed by atoms with E-state index in [2.05, 4.69) is 4.74 Å². The lowest BCUT2D eigenvalue weighted by molar-refractivity contribution is -0.274. The first kappa shape index (κ1) is 17.9. The third-order valence-corrected chi connectivity index (χ3v) is 3.93. The van der Waals surface area contributed by atoms with Gasteiger partial charge >= 0.3 is 6.36 Å². The zero-order valence-corrected chi connectivity index (χ0v) is 13.9. The van der Waals surface area contributed by atoms with Crippen molar-refractivity contribution in [2.24, 2.45) is 5.73 Å². The molecule has 0 fully saturated rings. The summed E-state index contributed by atoms with van der Waals surface area (Å²) in [4.78, 5) is 0. The normalized spacial score (nSPS) is 14.8. The van der Waals surface area contributed by atoms with Crippen molar-refractivity contribution in [2.75, 3.05) is 0 Å². The van der Waals surface area contributed by atoms with Gasteiger partial charge in [0, 0.05) is 17.7 Å². The van der Waals surface area contributed by atoms with Crippen LogP contribution in [0.25, 0.3) is 5.57 Å². The van der Waals surface area contributed by atoms with E-state index in [-0.39, 0.29) is 5.75 Å². The zero-order valence-electron chi connectivity index (χ0n) is 13.9. The molecule has 136 valence electrons. The minimum absolute atomic E-state index is 0.263. The Morgan fingerprint density at radius 2 is 1.62 bits per heavy atom. The summed E-state index contributed by atoms with van der Waals surface area (Å²) in [6, 6.07) is 15.4. The summed E-state index contributed by atoms with van der Waals surface area (Å²) in [5.41, 5.74) is 9.20. The number of allylic oxidation sites excluding steroid dienone is 4. The van der Waals surface area contributed by atoms with Crippen LogP contribution >= 0.6 is 0 Å². The molecule has 6 heteroatoms. The van der Waals surface area contributed by atoms with E-state index in [9.17, 15) is 13.2 Å². The second-order valence-electron chi connectivity index (χ2n) is 5.90. The molecule has 2 N–H and O–H groups in total. The standard InChI is InChI=1S/C20H18F3NO2/c21-20(22,23)26-17-9-6-15(7-10-17)18-12-16(24)8-11-19(18)25-13-14-4-2-1-3-5-14/h1-7,9-10,12H,8,11,13,24H2. The molecule has 0 bridgehead atoms. The van der Waals surface area contributed by atoms with Crippen molar-refractivity contribution in [3.05, 3.63) is 83.3 Å². The van der Waals surface area contributed by atoms with Crippen molar-refractivity contribution in [2.45, 2.75) is 25.8 Å². The summed E-state index contributed by atoms with van der Waals surface area (Å²) in [5, 5.41) is 0. The number of ether oxygens (including phenoxy) is 2. The van der Waals surface area contributed by atoms with Crippen molar-refractivity contribution < 1.29 is 22.6 Å². The molecule has 0 spiro atoms. The van der Waals surface area contributed by atoms with Crippen LogP contribution in [0.2, 0.25) is 0 Å². The van der Waals surface area contributed by atoms with Crippen LogP contribution in [0.1, 0.15) is 24.0 Å². The van der Waals surface area contributed by atoms with Gasteiger partial charge in [-0.05, 0) is 35.8 Å². The van der Waals surface area contributed by atoms with Crippen LogP contribution in [-0.4, -0.2) is 6.36 Å². The first-order chi connectivity index (χ1) is 12.4. The molecule has 1 aliphatic rings. The van der Waals surface area contributed by atoms with E-state index in [0.29, 0.717) is 25.1 Å².